The van der Waals surface area contributed by atoms with Crippen molar-refractivity contribution in [3.05, 3.63) is 39.4 Å². The van der Waals surface area contributed by atoms with Crippen LogP contribution in [0, 0.1) is 45.3 Å². The lowest BCUT2D eigenvalue weighted by molar-refractivity contribution is -0.146. The molecule has 0 saturated heterocycles. The van der Waals surface area contributed by atoms with Crippen LogP contribution in [0.4, 0.5) is 0 Å². The number of benzene rings is 1. The summed E-state index contributed by atoms with van der Waals surface area (Å²) in [5, 5.41) is 0. The van der Waals surface area contributed by atoms with E-state index < -0.39 is 39.4 Å². The highest BCUT2D eigenvalue weighted by atomic mass is 16.5. The molecule has 1 aromatic rings. The van der Waals surface area contributed by atoms with Crippen molar-refractivity contribution in [3.63, 3.8) is 0 Å². The zero-order valence-electron chi connectivity index (χ0n) is 33.6. The van der Waals surface area contributed by atoms with Crippen LogP contribution in [0.3, 0.4) is 0 Å². The van der Waals surface area contributed by atoms with Crippen molar-refractivity contribution in [2.45, 2.75) is 129 Å². The molecule has 0 aromatic heterocycles. The van der Waals surface area contributed by atoms with Gasteiger partial charge in [0.2, 0.25) is 0 Å². The van der Waals surface area contributed by atoms with Crippen LogP contribution >= 0.6 is 0 Å². The van der Waals surface area contributed by atoms with E-state index >= 15 is 0 Å². The first-order valence-electron chi connectivity index (χ1n) is 18.7. The van der Waals surface area contributed by atoms with Crippen LogP contribution in [0.25, 0.3) is 0 Å². The maximum Gasteiger partial charge on any atom is 0.175 e. The molecule has 2 heterocycles. The number of ether oxygens (including phenoxy) is 3. The molecular weight excluding hydrogens is 644 g/mol. The minimum absolute atomic E-state index is 0.182. The number of carbonyl (C=O) groups excluding carboxylic acids is 5. The molecule has 2 aliphatic heterocycles. The number of rotatable bonds is 8. The molecule has 0 fully saturated rings. The Labute approximate surface area is 304 Å². The summed E-state index contributed by atoms with van der Waals surface area (Å²) in [5.41, 5.74) is -2.81. The second-order valence-corrected chi connectivity index (χ2v) is 18.7. The Morgan fingerprint density at radius 1 is 0.627 bits per heavy atom. The van der Waals surface area contributed by atoms with E-state index in [-0.39, 0.29) is 69.3 Å². The molecule has 1 aromatic carbocycles. The summed E-state index contributed by atoms with van der Waals surface area (Å²) in [6.07, 6.45) is 0.722. The summed E-state index contributed by atoms with van der Waals surface area (Å²) in [6.45, 7) is 30.0. The van der Waals surface area contributed by atoms with Gasteiger partial charge in [-0.25, -0.2) is 0 Å². The predicted molar refractivity (Wildman–Crippen MR) is 196 cm³/mol. The normalized spacial score (nSPS) is 24.4. The molecule has 8 heteroatoms. The maximum atomic E-state index is 14.7. The van der Waals surface area contributed by atoms with E-state index in [4.69, 9.17) is 14.2 Å². The topological polar surface area (TPSA) is 113 Å². The highest BCUT2D eigenvalue weighted by molar-refractivity contribution is 6.21. The molecule has 0 spiro atoms. The Hall–Kier alpha value is -3.55. The summed E-state index contributed by atoms with van der Waals surface area (Å²) in [4.78, 5) is 71.7. The molecule has 4 aliphatic rings. The third-order valence-corrected chi connectivity index (χ3v) is 11.7. The molecule has 0 unspecified atom stereocenters. The van der Waals surface area contributed by atoms with Crippen LogP contribution in [0.15, 0.2) is 22.7 Å². The van der Waals surface area contributed by atoms with Gasteiger partial charge in [0, 0.05) is 40.0 Å². The molecule has 278 valence electrons. The molecule has 2 atom stereocenters. The fraction of sp³-hybridized carbons (Fsp3) is 0.651. The largest absolute Gasteiger partial charge is 0.493 e. The van der Waals surface area contributed by atoms with Gasteiger partial charge in [0.25, 0.3) is 0 Å². The fourth-order valence-electron chi connectivity index (χ4n) is 8.85. The molecule has 51 heavy (non-hydrogen) atoms. The van der Waals surface area contributed by atoms with Crippen LogP contribution in [0.5, 0.6) is 17.2 Å². The SMILES string of the molecule is CC(C)CCOc1c2c(c(C(=O)C(C)C)c3c1[C@@H](C(C)C)C1=C(O3)C(C)(C)C(=O)C(C)(C)C1=O)OC1=C(C(=O)C(C)(C)C(=O)C1(C)C)[C@H]2C(C)C. The first kappa shape index (κ1) is 38.7. The number of ketones is 5. The van der Waals surface area contributed by atoms with E-state index in [0.29, 0.717) is 40.5 Å². The van der Waals surface area contributed by atoms with Gasteiger partial charge in [-0.15, -0.1) is 0 Å². The molecule has 2 aliphatic carbocycles. The van der Waals surface area contributed by atoms with Crippen molar-refractivity contribution in [3.8, 4) is 17.2 Å². The van der Waals surface area contributed by atoms with E-state index in [0.717, 1.165) is 6.42 Å². The lowest BCUT2D eigenvalue weighted by Crippen LogP contribution is -2.52. The third kappa shape index (κ3) is 5.39. The van der Waals surface area contributed by atoms with Crippen LogP contribution in [-0.4, -0.2) is 35.5 Å². The van der Waals surface area contributed by atoms with Crippen LogP contribution in [0.2, 0.25) is 0 Å². The predicted octanol–water partition coefficient (Wildman–Crippen LogP) is 9.13. The fourth-order valence-corrected chi connectivity index (χ4v) is 8.85. The molecular formula is C43H58O8. The van der Waals surface area contributed by atoms with E-state index in [2.05, 4.69) is 13.8 Å². The third-order valence-electron chi connectivity index (χ3n) is 11.7. The average Bonchev–Trinajstić information content (AvgIpc) is 3.02. The highest BCUT2D eigenvalue weighted by Gasteiger charge is 2.61. The molecule has 0 N–H and O–H groups in total. The van der Waals surface area contributed by atoms with Crippen molar-refractivity contribution in [1.82, 2.24) is 0 Å². The second kappa shape index (κ2) is 12.3. The first-order chi connectivity index (χ1) is 23.3. The summed E-state index contributed by atoms with van der Waals surface area (Å²) in [7, 11) is 0. The smallest absolute Gasteiger partial charge is 0.175 e. The van der Waals surface area contributed by atoms with Crippen LogP contribution < -0.4 is 14.2 Å². The Bertz CT molecular complexity index is 1710. The number of fused-ring (bicyclic) bond motifs is 2. The van der Waals surface area contributed by atoms with E-state index in [1.807, 2.05) is 27.7 Å². The number of hydrogen-bond donors (Lipinski definition) is 0. The quantitative estimate of drug-likeness (QED) is 0.195. The van der Waals surface area contributed by atoms with Crippen molar-refractivity contribution >= 4 is 28.9 Å². The lowest BCUT2D eigenvalue weighted by atomic mass is 9.58. The number of allylic oxidation sites excluding steroid dienone is 4. The Morgan fingerprint density at radius 3 is 1.31 bits per heavy atom. The van der Waals surface area contributed by atoms with Crippen molar-refractivity contribution in [2.24, 2.45) is 45.3 Å². The maximum absolute atomic E-state index is 14.7. The number of Topliss-reactive ketones (excluding diaryl/α,β-unsaturated/α-hetero) is 5. The Morgan fingerprint density at radius 2 is 1.00 bits per heavy atom. The van der Waals surface area contributed by atoms with Gasteiger partial charge in [-0.3, -0.25) is 24.0 Å². The number of carbonyl (C=O) groups is 5. The lowest BCUT2D eigenvalue weighted by Gasteiger charge is -2.48. The van der Waals surface area contributed by atoms with Gasteiger partial charge >= 0.3 is 0 Å². The van der Waals surface area contributed by atoms with E-state index in [9.17, 15) is 24.0 Å². The van der Waals surface area contributed by atoms with Crippen LogP contribution in [0.1, 0.15) is 151 Å². The molecule has 0 radical (unpaired) electrons. The van der Waals surface area contributed by atoms with Crippen molar-refractivity contribution in [1.29, 1.82) is 0 Å². The van der Waals surface area contributed by atoms with Gasteiger partial charge < -0.3 is 14.2 Å². The second-order valence-electron chi connectivity index (χ2n) is 18.7. The zero-order valence-corrected chi connectivity index (χ0v) is 33.6. The van der Waals surface area contributed by atoms with Gasteiger partial charge in [0.1, 0.15) is 34.3 Å². The van der Waals surface area contributed by atoms with Gasteiger partial charge in [-0.1, -0.05) is 55.4 Å². The van der Waals surface area contributed by atoms with Crippen molar-refractivity contribution in [2.75, 3.05) is 6.61 Å². The summed E-state index contributed by atoms with van der Waals surface area (Å²) in [6, 6.07) is 0. The summed E-state index contributed by atoms with van der Waals surface area (Å²) >= 11 is 0. The minimum Gasteiger partial charge on any atom is -0.493 e. The summed E-state index contributed by atoms with van der Waals surface area (Å²) in [5.74, 6) is -1.76. The highest BCUT2D eigenvalue weighted by Crippen LogP contribution is 2.64. The summed E-state index contributed by atoms with van der Waals surface area (Å²) < 4.78 is 20.6. The van der Waals surface area contributed by atoms with E-state index in [1.54, 1.807) is 69.2 Å². The zero-order chi connectivity index (χ0) is 38.7. The molecule has 0 amide bonds. The Balaban J connectivity index is 2.01. The van der Waals surface area contributed by atoms with Gasteiger partial charge in [-0.2, -0.15) is 0 Å². The average molecular weight is 703 g/mol. The van der Waals surface area contributed by atoms with Crippen LogP contribution in [-0.2, 0) is 19.2 Å². The minimum atomic E-state index is -1.30. The monoisotopic (exact) mass is 702 g/mol. The molecule has 8 nitrogen and oxygen atoms in total. The molecule has 0 saturated carbocycles. The van der Waals surface area contributed by atoms with Crippen molar-refractivity contribution < 1.29 is 38.2 Å². The standard InChI is InChI=1S/C43H58O8/c1-19(2)17-18-49-31-25-23(20(3)4)27-34(45)40(9,10)38(47)42(13,14)36(27)50-32(25)29(30(44)22(7)8)33-26(31)24(21(5)6)28-35(46)41(11,12)39(48)43(15,16)37(28)51-33/h19-24H,17-18H2,1-16H3/t23-,24+. The first-order valence-corrected chi connectivity index (χ1v) is 18.7. The molecule has 0 bridgehead atoms. The van der Waals surface area contributed by atoms with E-state index in [1.165, 1.54) is 0 Å². The molecule has 5 rings (SSSR count). The van der Waals surface area contributed by atoms with Gasteiger partial charge in [-0.05, 0) is 79.6 Å². The Kier molecular flexibility index (Phi) is 9.30. The van der Waals surface area contributed by atoms with Gasteiger partial charge in [0.15, 0.2) is 28.9 Å². The van der Waals surface area contributed by atoms with Gasteiger partial charge in [0.05, 0.1) is 28.3 Å². The number of hydrogen-bond acceptors (Lipinski definition) is 8.